The molecule has 0 atom stereocenters. The Kier molecular flexibility index (Phi) is 5.79. The summed E-state index contributed by atoms with van der Waals surface area (Å²) in [5.74, 6) is -0.497. The topological polar surface area (TPSA) is 76.1 Å². The van der Waals surface area contributed by atoms with Crippen molar-refractivity contribution >= 4 is 22.6 Å². The summed E-state index contributed by atoms with van der Waals surface area (Å²) in [5.41, 5.74) is 0.958. The van der Waals surface area contributed by atoms with Crippen LogP contribution in [0.25, 0.3) is 10.8 Å². The van der Waals surface area contributed by atoms with Gasteiger partial charge in [-0.25, -0.2) is 4.79 Å². The number of hydrogen-bond donors (Lipinski definition) is 1. The molecule has 0 radical (unpaired) electrons. The summed E-state index contributed by atoms with van der Waals surface area (Å²) < 4.78 is 10.2. The second-order valence-corrected chi connectivity index (χ2v) is 6.36. The average Bonchev–Trinajstić information content (AvgIpc) is 2.72. The highest BCUT2D eigenvalue weighted by Gasteiger charge is 2.18. The van der Waals surface area contributed by atoms with E-state index >= 15 is 0 Å². The number of hydrogen-bond acceptors (Lipinski definition) is 5. The second kappa shape index (κ2) is 8.43. The van der Waals surface area contributed by atoms with E-state index in [1.807, 2.05) is 36.4 Å². The van der Waals surface area contributed by atoms with E-state index in [-0.39, 0.29) is 17.2 Å². The van der Waals surface area contributed by atoms with E-state index in [0.717, 1.165) is 16.7 Å². The minimum absolute atomic E-state index is 0.0318. The first kappa shape index (κ1) is 19.2. The summed E-state index contributed by atoms with van der Waals surface area (Å²) in [7, 11) is 3.22. The van der Waals surface area contributed by atoms with Crippen molar-refractivity contribution in [2.45, 2.75) is 6.54 Å². The number of esters is 1. The molecule has 0 aliphatic carbocycles. The molecule has 3 aromatic carbocycles. The second-order valence-electron chi connectivity index (χ2n) is 6.36. The molecule has 6 nitrogen and oxygen atoms in total. The van der Waals surface area contributed by atoms with Crippen molar-refractivity contribution in [2.24, 2.45) is 0 Å². The maximum absolute atomic E-state index is 12.3. The van der Waals surface area contributed by atoms with E-state index in [9.17, 15) is 14.7 Å². The van der Waals surface area contributed by atoms with Gasteiger partial charge in [-0.1, -0.05) is 42.5 Å². The number of amides is 1. The molecule has 0 aliphatic rings. The van der Waals surface area contributed by atoms with Crippen molar-refractivity contribution in [3.8, 4) is 11.5 Å². The molecule has 3 aromatic rings. The van der Waals surface area contributed by atoms with Crippen LogP contribution in [0.3, 0.4) is 0 Å². The quantitative estimate of drug-likeness (QED) is 0.665. The first-order chi connectivity index (χ1) is 13.5. The van der Waals surface area contributed by atoms with Gasteiger partial charge in [0.25, 0.3) is 5.91 Å². The molecule has 0 saturated heterocycles. The van der Waals surface area contributed by atoms with E-state index < -0.39 is 12.6 Å². The number of aromatic hydroxyl groups is 1. The van der Waals surface area contributed by atoms with Gasteiger partial charge < -0.3 is 19.5 Å². The molecule has 6 heteroatoms. The number of rotatable bonds is 6. The van der Waals surface area contributed by atoms with E-state index in [0.29, 0.717) is 11.9 Å². The van der Waals surface area contributed by atoms with Crippen LogP contribution >= 0.6 is 0 Å². The van der Waals surface area contributed by atoms with Crippen molar-refractivity contribution in [3.63, 3.8) is 0 Å². The van der Waals surface area contributed by atoms with Gasteiger partial charge in [0.15, 0.2) is 6.61 Å². The van der Waals surface area contributed by atoms with Gasteiger partial charge in [0, 0.05) is 19.0 Å². The highest BCUT2D eigenvalue weighted by molar-refractivity contribution is 6.01. The highest BCUT2D eigenvalue weighted by atomic mass is 16.5. The molecule has 144 valence electrons. The molecule has 28 heavy (non-hydrogen) atoms. The monoisotopic (exact) mass is 379 g/mol. The summed E-state index contributed by atoms with van der Waals surface area (Å²) in [6.45, 7) is -0.0284. The first-order valence-electron chi connectivity index (χ1n) is 8.74. The molecule has 0 fully saturated rings. The van der Waals surface area contributed by atoms with Crippen LogP contribution in [0.15, 0.2) is 60.7 Å². The van der Waals surface area contributed by atoms with Crippen LogP contribution in [0, 0.1) is 0 Å². The van der Waals surface area contributed by atoms with E-state index in [2.05, 4.69) is 0 Å². The maximum Gasteiger partial charge on any atom is 0.342 e. The van der Waals surface area contributed by atoms with Crippen molar-refractivity contribution in [1.29, 1.82) is 0 Å². The third-order valence-corrected chi connectivity index (χ3v) is 4.45. The fraction of sp³-hybridized carbons (Fsp3) is 0.182. The van der Waals surface area contributed by atoms with Gasteiger partial charge in [-0.3, -0.25) is 4.79 Å². The van der Waals surface area contributed by atoms with Crippen LogP contribution in [0.5, 0.6) is 11.5 Å². The molecule has 0 bridgehead atoms. The normalized spacial score (nSPS) is 10.5. The summed E-state index contributed by atoms with van der Waals surface area (Å²) in [4.78, 5) is 26.0. The Morgan fingerprint density at radius 1 is 1.00 bits per heavy atom. The number of carbonyl (C=O) groups is 2. The lowest BCUT2D eigenvalue weighted by Crippen LogP contribution is -2.30. The number of phenolic OH excluding ortho intramolecular Hbond substituents is 1. The molecule has 0 aliphatic heterocycles. The number of nitrogens with zero attached hydrogens (tertiary/aromatic N) is 1. The van der Waals surface area contributed by atoms with Crippen LogP contribution in [-0.2, 0) is 16.1 Å². The number of methoxy groups -OCH3 is 1. The van der Waals surface area contributed by atoms with Crippen molar-refractivity contribution in [2.75, 3.05) is 20.8 Å². The van der Waals surface area contributed by atoms with E-state index in [1.165, 1.54) is 11.0 Å². The predicted octanol–water partition coefficient (Wildman–Crippen LogP) is 3.37. The van der Waals surface area contributed by atoms with Gasteiger partial charge in [-0.2, -0.15) is 0 Å². The fourth-order valence-corrected chi connectivity index (χ4v) is 2.83. The summed E-state index contributed by atoms with van der Waals surface area (Å²) in [5, 5.41) is 11.7. The molecule has 0 saturated carbocycles. The molecule has 0 heterocycles. The predicted molar refractivity (Wildman–Crippen MR) is 105 cm³/mol. The number of phenols is 1. The Morgan fingerprint density at radius 2 is 1.71 bits per heavy atom. The SMILES string of the molecule is COc1ccc(CN(C)C(=O)COC(=O)c2ccc3ccccc3c2O)cc1. The molecule has 1 N–H and O–H groups in total. The van der Waals surface area contributed by atoms with Gasteiger partial charge >= 0.3 is 5.97 Å². The molecular weight excluding hydrogens is 358 g/mol. The summed E-state index contributed by atoms with van der Waals surface area (Å²) in [6, 6.07) is 17.7. The lowest BCUT2D eigenvalue weighted by Gasteiger charge is -2.17. The first-order valence-corrected chi connectivity index (χ1v) is 8.74. The molecular formula is C22H21NO5. The third kappa shape index (κ3) is 4.23. The van der Waals surface area contributed by atoms with Gasteiger partial charge in [0.05, 0.1) is 7.11 Å². The fourth-order valence-electron chi connectivity index (χ4n) is 2.83. The van der Waals surface area contributed by atoms with Crippen LogP contribution in [0.2, 0.25) is 0 Å². The minimum atomic E-state index is -0.741. The summed E-state index contributed by atoms with van der Waals surface area (Å²) >= 11 is 0. The molecule has 3 rings (SSSR count). The van der Waals surface area contributed by atoms with Crippen molar-refractivity contribution in [1.82, 2.24) is 4.90 Å². The lowest BCUT2D eigenvalue weighted by molar-refractivity contribution is -0.133. The molecule has 0 aromatic heterocycles. The number of fused-ring (bicyclic) bond motifs is 1. The molecule has 0 unspecified atom stereocenters. The Labute approximate surface area is 162 Å². The van der Waals surface area contributed by atoms with Crippen LogP contribution in [0.1, 0.15) is 15.9 Å². The zero-order valence-electron chi connectivity index (χ0n) is 15.7. The van der Waals surface area contributed by atoms with Crippen molar-refractivity contribution < 1.29 is 24.2 Å². The largest absolute Gasteiger partial charge is 0.506 e. The minimum Gasteiger partial charge on any atom is -0.506 e. The Bertz CT molecular complexity index is 997. The standard InChI is InChI=1S/C22H21NO5/c1-23(13-15-7-10-17(27-2)11-8-15)20(24)14-28-22(26)19-12-9-16-5-3-4-6-18(16)21(19)25/h3-12,25H,13-14H2,1-2H3. The third-order valence-electron chi connectivity index (χ3n) is 4.45. The Morgan fingerprint density at radius 3 is 2.43 bits per heavy atom. The van der Waals surface area contributed by atoms with Gasteiger partial charge in [0.1, 0.15) is 17.1 Å². The van der Waals surface area contributed by atoms with Gasteiger partial charge in [0.2, 0.25) is 0 Å². The smallest absolute Gasteiger partial charge is 0.342 e. The highest BCUT2D eigenvalue weighted by Crippen LogP contribution is 2.29. The van der Waals surface area contributed by atoms with Crippen molar-refractivity contribution in [3.05, 3.63) is 71.8 Å². The zero-order valence-corrected chi connectivity index (χ0v) is 15.7. The van der Waals surface area contributed by atoms with Crippen LogP contribution in [0.4, 0.5) is 0 Å². The molecule has 0 spiro atoms. The average molecular weight is 379 g/mol. The molecule has 1 amide bonds. The number of carbonyl (C=O) groups excluding carboxylic acids is 2. The maximum atomic E-state index is 12.3. The van der Waals surface area contributed by atoms with Crippen LogP contribution in [-0.4, -0.2) is 42.6 Å². The van der Waals surface area contributed by atoms with E-state index in [1.54, 1.807) is 32.4 Å². The number of ether oxygens (including phenoxy) is 2. The Hall–Kier alpha value is -3.54. The summed E-state index contributed by atoms with van der Waals surface area (Å²) in [6.07, 6.45) is 0. The van der Waals surface area contributed by atoms with Gasteiger partial charge in [-0.05, 0) is 29.1 Å². The Balaban J connectivity index is 1.60. The lowest BCUT2D eigenvalue weighted by atomic mass is 10.1. The van der Waals surface area contributed by atoms with Crippen LogP contribution < -0.4 is 4.74 Å². The number of likely N-dealkylation sites (N-methyl/N-ethyl adjacent to an activating group) is 1. The van der Waals surface area contributed by atoms with Gasteiger partial charge in [-0.15, -0.1) is 0 Å². The van der Waals surface area contributed by atoms with E-state index in [4.69, 9.17) is 9.47 Å². The zero-order chi connectivity index (χ0) is 20.1. The number of benzene rings is 3.